The minimum Gasteiger partial charge on any atom is -0.431 e. The molecule has 0 aromatic rings. The first kappa shape index (κ1) is 44.2. The van der Waals surface area contributed by atoms with E-state index in [4.69, 9.17) is 36.8 Å². The van der Waals surface area contributed by atoms with Gasteiger partial charge >= 0.3 is 24.2 Å². The molecule has 0 heterocycles. The lowest BCUT2D eigenvalue weighted by Crippen LogP contribution is -2.43. The molecule has 2 N–H and O–H groups in total. The van der Waals surface area contributed by atoms with Crippen molar-refractivity contribution in [3.05, 3.63) is 0 Å². The second-order valence-corrected chi connectivity index (χ2v) is 15.8. The van der Waals surface area contributed by atoms with Gasteiger partial charge in [0.25, 0.3) is 20.2 Å². The molecule has 0 saturated heterocycles. The van der Waals surface area contributed by atoms with E-state index in [1.807, 2.05) is 0 Å². The highest BCUT2D eigenvalue weighted by molar-refractivity contribution is 7.87. The first-order valence-electron chi connectivity index (χ1n) is 14.5. The van der Waals surface area contributed by atoms with Crippen LogP contribution in [0.1, 0.15) is 75.7 Å². The molecular formula is C27H48O18S2. The summed E-state index contributed by atoms with van der Waals surface area (Å²) >= 11 is 0. The normalized spacial score (nSPS) is 15.3. The van der Waals surface area contributed by atoms with Crippen LogP contribution in [0.5, 0.6) is 0 Å². The van der Waals surface area contributed by atoms with Gasteiger partial charge in [-0.05, 0) is 34.1 Å². The van der Waals surface area contributed by atoms with Crippen molar-refractivity contribution in [1.29, 1.82) is 0 Å². The topological polar surface area (TPSA) is 251 Å². The van der Waals surface area contributed by atoms with Gasteiger partial charge in [0, 0.05) is 24.7 Å². The van der Waals surface area contributed by atoms with Crippen molar-refractivity contribution in [3.8, 4) is 0 Å². The Balaban J connectivity index is 4.87. The number of ether oxygens (including phenoxy) is 6. The van der Waals surface area contributed by atoms with Crippen LogP contribution in [0.4, 0.5) is 9.59 Å². The molecule has 0 radical (unpaired) electrons. The molecular weight excluding hydrogens is 676 g/mol. The molecule has 0 amide bonds. The van der Waals surface area contributed by atoms with E-state index in [-0.39, 0.29) is 0 Å². The number of carbonyl (C=O) groups is 4. The van der Waals surface area contributed by atoms with Crippen molar-refractivity contribution in [3.63, 3.8) is 0 Å². The van der Waals surface area contributed by atoms with Crippen LogP contribution in [0.25, 0.3) is 0 Å². The Labute approximate surface area is 275 Å². The molecule has 18 nitrogen and oxygen atoms in total. The molecule has 20 heteroatoms. The summed E-state index contributed by atoms with van der Waals surface area (Å²) < 4.78 is 87.9. The van der Waals surface area contributed by atoms with E-state index in [2.05, 4.69) is 0 Å². The summed E-state index contributed by atoms with van der Waals surface area (Å²) in [6, 6.07) is 0. The average molecular weight is 725 g/mol. The van der Waals surface area contributed by atoms with Crippen molar-refractivity contribution in [2.45, 2.75) is 113 Å². The zero-order chi connectivity index (χ0) is 37.0. The van der Waals surface area contributed by atoms with Crippen molar-refractivity contribution < 1.29 is 83.0 Å². The van der Waals surface area contributed by atoms with Crippen molar-refractivity contribution in [2.24, 2.45) is 10.8 Å². The maximum atomic E-state index is 12.4. The third-order valence-electron chi connectivity index (χ3n) is 5.69. The number of aliphatic hydroxyl groups excluding tert-OH is 2. The fourth-order valence-corrected chi connectivity index (χ4v) is 5.41. The van der Waals surface area contributed by atoms with Crippen LogP contribution in [0.15, 0.2) is 0 Å². The molecule has 2 unspecified atom stereocenters. The van der Waals surface area contributed by atoms with E-state index in [0.717, 1.165) is 0 Å². The Morgan fingerprint density at radius 3 is 1.13 bits per heavy atom. The smallest absolute Gasteiger partial charge is 0.431 e. The third-order valence-corrected chi connectivity index (χ3v) is 8.22. The predicted molar refractivity (Wildman–Crippen MR) is 160 cm³/mol. The Morgan fingerprint density at radius 2 is 0.851 bits per heavy atom. The molecule has 0 saturated carbocycles. The van der Waals surface area contributed by atoms with Crippen molar-refractivity contribution in [1.82, 2.24) is 0 Å². The van der Waals surface area contributed by atoms with Crippen LogP contribution in [-0.4, -0.2) is 113 Å². The van der Waals surface area contributed by atoms with Gasteiger partial charge in [0.1, 0.15) is 0 Å². The molecule has 0 bridgehead atoms. The van der Waals surface area contributed by atoms with Gasteiger partial charge in [0.05, 0.1) is 36.9 Å². The zero-order valence-electron chi connectivity index (χ0n) is 28.2. The van der Waals surface area contributed by atoms with Gasteiger partial charge < -0.3 is 38.6 Å². The summed E-state index contributed by atoms with van der Waals surface area (Å²) in [5, 5.41) is 20.7. The molecule has 47 heavy (non-hydrogen) atoms. The standard InChI is InChI=1S/C27H48O18S2/c1-16(2)40-24(32)44-18(5)42-22(30)20(28)26(7,8)14-38-46(34,35)12-11-13-47(36,37)39-15-27(9,10)21(29)23(31)43-19(6)45-25(33)41-17(3)4/h16-21,28-29H,11-15H2,1-10H3/t18?,19?,20-,21-/m1/s1. The fraction of sp³-hybridized carbons (Fsp3) is 0.852. The van der Waals surface area contributed by atoms with Crippen LogP contribution in [0.2, 0.25) is 0 Å². The lowest BCUT2D eigenvalue weighted by atomic mass is 9.87. The summed E-state index contributed by atoms with van der Waals surface area (Å²) in [4.78, 5) is 47.6. The molecule has 0 aliphatic carbocycles. The fourth-order valence-electron chi connectivity index (χ4n) is 3.03. The van der Waals surface area contributed by atoms with Crippen LogP contribution in [-0.2, 0) is 66.6 Å². The van der Waals surface area contributed by atoms with E-state index in [1.54, 1.807) is 27.7 Å². The van der Waals surface area contributed by atoms with E-state index >= 15 is 0 Å². The van der Waals surface area contributed by atoms with Crippen molar-refractivity contribution >= 4 is 44.5 Å². The first-order chi connectivity index (χ1) is 21.2. The largest absolute Gasteiger partial charge is 0.511 e. The van der Waals surface area contributed by atoms with Gasteiger partial charge in [-0.25, -0.2) is 19.2 Å². The van der Waals surface area contributed by atoms with Gasteiger partial charge in [-0.15, -0.1) is 0 Å². The van der Waals surface area contributed by atoms with E-state index < -0.39 is 123 Å². The monoisotopic (exact) mass is 724 g/mol. The highest BCUT2D eigenvalue weighted by Crippen LogP contribution is 2.25. The highest BCUT2D eigenvalue weighted by atomic mass is 32.2. The number of esters is 2. The summed E-state index contributed by atoms with van der Waals surface area (Å²) in [6.45, 7) is 12.4. The lowest BCUT2D eigenvalue weighted by Gasteiger charge is -2.29. The average Bonchev–Trinajstić information content (AvgIpc) is 2.88. The second kappa shape index (κ2) is 18.7. The van der Waals surface area contributed by atoms with Crippen LogP contribution in [0, 0.1) is 10.8 Å². The molecule has 0 aromatic carbocycles. The predicted octanol–water partition coefficient (Wildman–Crippen LogP) is 1.75. The molecule has 0 spiro atoms. The third kappa shape index (κ3) is 18.4. The van der Waals surface area contributed by atoms with Crippen molar-refractivity contribution in [2.75, 3.05) is 24.7 Å². The molecule has 0 aliphatic heterocycles. The van der Waals surface area contributed by atoms with Crippen LogP contribution >= 0.6 is 0 Å². The minimum absolute atomic E-state index is 0.483. The first-order valence-corrected chi connectivity index (χ1v) is 17.6. The molecule has 0 fully saturated rings. The summed E-state index contributed by atoms with van der Waals surface area (Å²) in [6.07, 6.45) is -10.4. The van der Waals surface area contributed by atoms with Gasteiger partial charge in [-0.1, -0.05) is 27.7 Å². The SMILES string of the molecule is CC(C)OC(=O)OC(C)OC(=O)[C@@H](O)C(C)(C)COS(=O)(=O)CCCS(=O)(=O)OCC(C)(C)[C@H](O)C(=O)OC(C)OC(=O)OC(C)C. The Kier molecular flexibility index (Phi) is 17.6. The van der Waals surface area contributed by atoms with Gasteiger partial charge in [0.15, 0.2) is 12.2 Å². The maximum Gasteiger partial charge on any atom is 0.511 e. The van der Waals surface area contributed by atoms with Crippen LogP contribution < -0.4 is 0 Å². The van der Waals surface area contributed by atoms with E-state index in [1.165, 1.54) is 41.5 Å². The van der Waals surface area contributed by atoms with Crippen LogP contribution in [0.3, 0.4) is 0 Å². The molecule has 0 aromatic heterocycles. The molecule has 0 rings (SSSR count). The Bertz CT molecular complexity index is 1160. The van der Waals surface area contributed by atoms with Gasteiger partial charge in [-0.3, -0.25) is 8.37 Å². The van der Waals surface area contributed by atoms with E-state index in [9.17, 15) is 46.2 Å². The second-order valence-electron chi connectivity index (χ2n) is 12.3. The number of hydrogen-bond donors (Lipinski definition) is 2. The van der Waals surface area contributed by atoms with Gasteiger partial charge in [0.2, 0.25) is 12.6 Å². The molecule has 0 aliphatic rings. The minimum atomic E-state index is -4.36. The highest BCUT2D eigenvalue weighted by Gasteiger charge is 2.39. The lowest BCUT2D eigenvalue weighted by molar-refractivity contribution is -0.186. The summed E-state index contributed by atoms with van der Waals surface area (Å²) in [5.41, 5.74) is -3.04. The molecule has 276 valence electrons. The molecule has 4 atom stereocenters. The number of hydrogen-bond acceptors (Lipinski definition) is 18. The quantitative estimate of drug-likeness (QED) is 0.0785. The number of carbonyl (C=O) groups excluding carboxylic acids is 4. The Hall–Kier alpha value is -2.78. The number of rotatable bonds is 20. The summed E-state index contributed by atoms with van der Waals surface area (Å²) in [5.74, 6) is -4.05. The maximum absolute atomic E-state index is 12.4. The number of aliphatic hydroxyl groups is 2. The van der Waals surface area contributed by atoms with E-state index in [0.29, 0.717) is 0 Å². The zero-order valence-corrected chi connectivity index (χ0v) is 29.9. The summed E-state index contributed by atoms with van der Waals surface area (Å²) in [7, 11) is -8.71. The Morgan fingerprint density at radius 1 is 0.553 bits per heavy atom. The van der Waals surface area contributed by atoms with Gasteiger partial charge in [-0.2, -0.15) is 16.8 Å².